The summed E-state index contributed by atoms with van der Waals surface area (Å²) < 4.78 is 0. The van der Waals surface area contributed by atoms with Gasteiger partial charge in [-0.3, -0.25) is 4.79 Å². The van der Waals surface area contributed by atoms with E-state index in [0.717, 1.165) is 12.8 Å². The van der Waals surface area contributed by atoms with E-state index in [-0.39, 0.29) is 17.8 Å². The van der Waals surface area contributed by atoms with E-state index in [1.54, 1.807) is 0 Å². The number of hydrogen-bond acceptors (Lipinski definition) is 1. The van der Waals surface area contributed by atoms with Gasteiger partial charge in [0.1, 0.15) is 0 Å². The molecular weight excluding hydrogens is 164 g/mol. The van der Waals surface area contributed by atoms with Crippen molar-refractivity contribution in [3.63, 3.8) is 0 Å². The zero-order valence-electron chi connectivity index (χ0n) is 8.25. The number of carbonyl (C=O) groups is 1. The fraction of sp³-hybridized carbons (Fsp3) is 0.727. The number of aliphatic carboxylic acids is 1. The first kappa shape index (κ1) is 10.3. The Hall–Kier alpha value is -0.790. The largest absolute Gasteiger partial charge is 0.481 e. The summed E-state index contributed by atoms with van der Waals surface area (Å²) in [5, 5.41) is 8.74. The highest BCUT2D eigenvalue weighted by molar-refractivity contribution is 5.67. The number of allylic oxidation sites excluding steroid dienone is 1. The zero-order valence-corrected chi connectivity index (χ0v) is 8.25. The summed E-state index contributed by atoms with van der Waals surface area (Å²) in [4.78, 5) is 10.6. The predicted molar refractivity (Wildman–Crippen MR) is 52.5 cm³/mol. The molecule has 74 valence electrons. The van der Waals surface area contributed by atoms with Crippen molar-refractivity contribution in [3.05, 3.63) is 12.7 Å². The fourth-order valence-electron chi connectivity index (χ4n) is 2.36. The lowest BCUT2D eigenvalue weighted by Gasteiger charge is -2.30. The van der Waals surface area contributed by atoms with E-state index < -0.39 is 5.97 Å². The van der Waals surface area contributed by atoms with Crippen LogP contribution in [0.15, 0.2) is 12.7 Å². The van der Waals surface area contributed by atoms with Gasteiger partial charge in [0, 0.05) is 0 Å². The van der Waals surface area contributed by atoms with Gasteiger partial charge in [-0.05, 0) is 24.2 Å². The second kappa shape index (κ2) is 3.95. The Bertz CT molecular complexity index is 202. The summed E-state index contributed by atoms with van der Waals surface area (Å²) in [6.45, 7) is 5.93. The van der Waals surface area contributed by atoms with Crippen molar-refractivity contribution in [2.24, 2.45) is 11.3 Å². The fourth-order valence-corrected chi connectivity index (χ4v) is 2.36. The van der Waals surface area contributed by atoms with Crippen molar-refractivity contribution >= 4 is 5.97 Å². The first-order valence-corrected chi connectivity index (χ1v) is 4.93. The standard InChI is InChI=1S/C11H18O2/c1-3-9(8-10(12)13)11(2)6-4-5-7-11/h3,9H,1,4-8H2,2H3,(H,12,13). The molecule has 0 aliphatic heterocycles. The molecule has 0 aromatic carbocycles. The van der Waals surface area contributed by atoms with Crippen LogP contribution >= 0.6 is 0 Å². The molecule has 1 saturated carbocycles. The second-order valence-corrected chi connectivity index (χ2v) is 4.30. The minimum absolute atomic E-state index is 0.146. The number of carboxylic acid groups (broad SMARTS) is 1. The molecule has 1 aliphatic carbocycles. The Kier molecular flexibility index (Phi) is 3.12. The van der Waals surface area contributed by atoms with Crippen LogP contribution in [0.5, 0.6) is 0 Å². The Morgan fingerprint density at radius 2 is 2.15 bits per heavy atom. The molecule has 1 rings (SSSR count). The molecule has 0 amide bonds. The lowest BCUT2D eigenvalue weighted by atomic mass is 9.74. The van der Waals surface area contributed by atoms with E-state index in [9.17, 15) is 4.79 Å². The second-order valence-electron chi connectivity index (χ2n) is 4.30. The van der Waals surface area contributed by atoms with E-state index in [0.29, 0.717) is 0 Å². The van der Waals surface area contributed by atoms with Crippen LogP contribution in [-0.4, -0.2) is 11.1 Å². The van der Waals surface area contributed by atoms with Crippen molar-refractivity contribution < 1.29 is 9.90 Å². The van der Waals surface area contributed by atoms with Crippen LogP contribution in [0.3, 0.4) is 0 Å². The van der Waals surface area contributed by atoms with Gasteiger partial charge >= 0.3 is 5.97 Å². The predicted octanol–water partition coefficient (Wildman–Crippen LogP) is 2.84. The molecule has 1 atom stereocenters. The van der Waals surface area contributed by atoms with Gasteiger partial charge < -0.3 is 5.11 Å². The normalized spacial score (nSPS) is 22.5. The molecule has 0 spiro atoms. The van der Waals surface area contributed by atoms with Gasteiger partial charge in [-0.2, -0.15) is 0 Å². The molecule has 1 fully saturated rings. The highest BCUT2D eigenvalue weighted by atomic mass is 16.4. The lowest BCUT2D eigenvalue weighted by Crippen LogP contribution is -2.24. The summed E-state index contributed by atoms with van der Waals surface area (Å²) >= 11 is 0. The number of hydrogen-bond donors (Lipinski definition) is 1. The van der Waals surface area contributed by atoms with E-state index >= 15 is 0 Å². The van der Waals surface area contributed by atoms with Crippen LogP contribution < -0.4 is 0 Å². The molecule has 0 bridgehead atoms. The minimum Gasteiger partial charge on any atom is -0.481 e. The first-order valence-electron chi connectivity index (χ1n) is 4.93. The molecule has 1 unspecified atom stereocenters. The Morgan fingerprint density at radius 3 is 2.54 bits per heavy atom. The Labute approximate surface area is 79.6 Å². The smallest absolute Gasteiger partial charge is 0.303 e. The van der Waals surface area contributed by atoms with Gasteiger partial charge in [0.2, 0.25) is 0 Å². The van der Waals surface area contributed by atoms with E-state index in [4.69, 9.17) is 5.11 Å². The average Bonchev–Trinajstić information content (AvgIpc) is 2.48. The van der Waals surface area contributed by atoms with E-state index in [1.165, 1.54) is 12.8 Å². The van der Waals surface area contributed by atoms with Gasteiger partial charge in [0.05, 0.1) is 6.42 Å². The van der Waals surface area contributed by atoms with Crippen LogP contribution in [0.2, 0.25) is 0 Å². The maximum absolute atomic E-state index is 10.6. The van der Waals surface area contributed by atoms with Gasteiger partial charge in [0.15, 0.2) is 0 Å². The number of rotatable bonds is 4. The third-order valence-corrected chi connectivity index (χ3v) is 3.32. The SMILES string of the molecule is C=CC(CC(=O)O)C1(C)CCCC1. The molecular formula is C11H18O2. The number of carboxylic acids is 1. The van der Waals surface area contributed by atoms with Gasteiger partial charge in [-0.15, -0.1) is 6.58 Å². The van der Waals surface area contributed by atoms with E-state index in [1.807, 2.05) is 6.08 Å². The summed E-state index contributed by atoms with van der Waals surface area (Å²) in [6.07, 6.45) is 6.83. The summed E-state index contributed by atoms with van der Waals surface area (Å²) in [6, 6.07) is 0. The Balaban J connectivity index is 2.63. The topological polar surface area (TPSA) is 37.3 Å². The molecule has 0 radical (unpaired) electrons. The molecule has 0 heterocycles. The van der Waals surface area contributed by atoms with Crippen molar-refractivity contribution in [3.8, 4) is 0 Å². The van der Waals surface area contributed by atoms with E-state index in [2.05, 4.69) is 13.5 Å². The molecule has 13 heavy (non-hydrogen) atoms. The van der Waals surface area contributed by atoms with Crippen LogP contribution in [0.25, 0.3) is 0 Å². The highest BCUT2D eigenvalue weighted by Crippen LogP contribution is 2.45. The maximum Gasteiger partial charge on any atom is 0.303 e. The summed E-state index contributed by atoms with van der Waals surface area (Å²) in [5.74, 6) is -0.564. The molecule has 0 aromatic rings. The monoisotopic (exact) mass is 182 g/mol. The molecule has 0 saturated heterocycles. The van der Waals surface area contributed by atoms with Crippen molar-refractivity contribution in [2.45, 2.75) is 39.0 Å². The maximum atomic E-state index is 10.6. The van der Waals surface area contributed by atoms with Crippen LogP contribution in [-0.2, 0) is 4.79 Å². The third-order valence-electron chi connectivity index (χ3n) is 3.32. The molecule has 2 heteroatoms. The van der Waals surface area contributed by atoms with Crippen molar-refractivity contribution in [1.29, 1.82) is 0 Å². The molecule has 1 N–H and O–H groups in total. The summed E-state index contributed by atoms with van der Waals surface area (Å²) in [5.41, 5.74) is 0.195. The molecule has 0 aromatic heterocycles. The van der Waals surface area contributed by atoms with Crippen LogP contribution in [0, 0.1) is 11.3 Å². The third kappa shape index (κ3) is 2.33. The molecule has 1 aliphatic rings. The van der Waals surface area contributed by atoms with Crippen LogP contribution in [0.4, 0.5) is 0 Å². The van der Waals surface area contributed by atoms with Gasteiger partial charge in [0.25, 0.3) is 0 Å². The van der Waals surface area contributed by atoms with Crippen LogP contribution in [0.1, 0.15) is 39.0 Å². The summed E-state index contributed by atoms with van der Waals surface area (Å²) in [7, 11) is 0. The lowest BCUT2D eigenvalue weighted by molar-refractivity contribution is -0.138. The van der Waals surface area contributed by atoms with Crippen molar-refractivity contribution in [2.75, 3.05) is 0 Å². The van der Waals surface area contributed by atoms with Gasteiger partial charge in [-0.25, -0.2) is 0 Å². The van der Waals surface area contributed by atoms with Gasteiger partial charge in [-0.1, -0.05) is 25.8 Å². The zero-order chi connectivity index (χ0) is 9.90. The Morgan fingerprint density at radius 1 is 1.62 bits per heavy atom. The first-order chi connectivity index (χ1) is 6.08. The van der Waals surface area contributed by atoms with Crippen molar-refractivity contribution in [1.82, 2.24) is 0 Å². The molecule has 2 nitrogen and oxygen atoms in total. The highest BCUT2D eigenvalue weighted by Gasteiger charge is 2.36. The minimum atomic E-state index is -0.710. The average molecular weight is 182 g/mol. The quantitative estimate of drug-likeness (QED) is 0.679.